The van der Waals surface area contributed by atoms with E-state index in [4.69, 9.17) is 10.5 Å². The van der Waals surface area contributed by atoms with Gasteiger partial charge < -0.3 is 15.6 Å². The van der Waals surface area contributed by atoms with E-state index < -0.39 is 0 Å². The third-order valence-corrected chi connectivity index (χ3v) is 4.96. The number of fused-ring (bicyclic) bond motifs is 1. The number of ether oxygens (including phenoxy) is 1. The van der Waals surface area contributed by atoms with Gasteiger partial charge in [-0.25, -0.2) is 0 Å². The summed E-state index contributed by atoms with van der Waals surface area (Å²) in [4.78, 5) is 2.50. The Morgan fingerprint density at radius 1 is 1.33 bits per heavy atom. The van der Waals surface area contributed by atoms with Gasteiger partial charge in [-0.3, -0.25) is 4.90 Å². The van der Waals surface area contributed by atoms with Gasteiger partial charge in [0, 0.05) is 25.7 Å². The van der Waals surface area contributed by atoms with Crippen LogP contribution < -0.4 is 10.5 Å². The summed E-state index contributed by atoms with van der Waals surface area (Å²) in [5.74, 6) is 2.25. The molecule has 0 aromatic heterocycles. The Balaban J connectivity index is 1.66. The van der Waals surface area contributed by atoms with E-state index in [1.54, 1.807) is 6.07 Å². The number of benzene rings is 1. The molecule has 0 bridgehead atoms. The molecule has 1 heterocycles. The molecule has 1 aromatic carbocycles. The molecule has 1 saturated heterocycles. The highest BCUT2D eigenvalue weighted by atomic mass is 16.5. The average Bonchev–Trinajstić information content (AvgIpc) is 2.87. The fourth-order valence-corrected chi connectivity index (χ4v) is 3.92. The number of aromatic hydroxyl groups is 1. The van der Waals surface area contributed by atoms with E-state index in [9.17, 15) is 5.11 Å². The van der Waals surface area contributed by atoms with Crippen molar-refractivity contribution in [1.29, 1.82) is 0 Å². The number of phenols is 1. The Morgan fingerprint density at radius 2 is 2.19 bits per heavy atom. The van der Waals surface area contributed by atoms with Crippen molar-refractivity contribution in [1.82, 2.24) is 4.90 Å². The van der Waals surface area contributed by atoms with Crippen LogP contribution in [0, 0.1) is 11.8 Å². The smallest absolute Gasteiger partial charge is 0.161 e. The van der Waals surface area contributed by atoms with Crippen LogP contribution in [-0.4, -0.2) is 35.7 Å². The lowest BCUT2D eigenvalue weighted by atomic mass is 9.78. The second-order valence-electron chi connectivity index (χ2n) is 6.45. The zero-order valence-corrected chi connectivity index (χ0v) is 12.8. The number of phenolic OH excluding ortho intramolecular Hbond substituents is 1. The fraction of sp³-hybridized carbons (Fsp3) is 0.647. The van der Waals surface area contributed by atoms with Gasteiger partial charge in [0.1, 0.15) is 0 Å². The summed E-state index contributed by atoms with van der Waals surface area (Å²) in [6.07, 6.45) is 3.79. The van der Waals surface area contributed by atoms with Crippen LogP contribution in [0.4, 0.5) is 0 Å². The molecule has 0 spiro atoms. The predicted octanol–water partition coefficient (Wildman–Crippen LogP) is 2.35. The number of hydrogen-bond donors (Lipinski definition) is 2. The molecule has 3 rings (SSSR count). The molecule has 1 saturated carbocycles. The number of likely N-dealkylation sites (tertiary alicyclic amines) is 1. The Kier molecular flexibility index (Phi) is 4.36. The van der Waals surface area contributed by atoms with Gasteiger partial charge in [0.05, 0.1) is 6.61 Å². The molecular weight excluding hydrogens is 264 g/mol. The van der Waals surface area contributed by atoms with E-state index in [1.807, 2.05) is 19.1 Å². The lowest BCUT2D eigenvalue weighted by molar-refractivity contribution is 0.259. The number of rotatable bonds is 4. The molecule has 21 heavy (non-hydrogen) atoms. The maximum atomic E-state index is 9.78. The van der Waals surface area contributed by atoms with E-state index in [0.717, 1.165) is 25.6 Å². The summed E-state index contributed by atoms with van der Waals surface area (Å²) in [6, 6.07) is 6.06. The Bertz CT molecular complexity index is 492. The summed E-state index contributed by atoms with van der Waals surface area (Å²) >= 11 is 0. The molecule has 1 aromatic rings. The Hall–Kier alpha value is -1.26. The first-order valence-electron chi connectivity index (χ1n) is 8.10. The molecule has 4 nitrogen and oxygen atoms in total. The summed E-state index contributed by atoms with van der Waals surface area (Å²) in [6.45, 7) is 5.68. The van der Waals surface area contributed by atoms with E-state index in [1.165, 1.54) is 24.8 Å². The third kappa shape index (κ3) is 3.16. The van der Waals surface area contributed by atoms with Crippen LogP contribution in [0.15, 0.2) is 18.2 Å². The molecule has 3 unspecified atom stereocenters. The van der Waals surface area contributed by atoms with Crippen molar-refractivity contribution in [3.8, 4) is 11.5 Å². The first-order valence-corrected chi connectivity index (χ1v) is 8.10. The van der Waals surface area contributed by atoms with E-state index in [-0.39, 0.29) is 5.75 Å². The Labute approximate surface area is 126 Å². The molecule has 1 aliphatic heterocycles. The third-order valence-electron chi connectivity index (χ3n) is 4.96. The molecule has 3 N–H and O–H groups in total. The van der Waals surface area contributed by atoms with Crippen LogP contribution >= 0.6 is 0 Å². The SMILES string of the molecule is CCOc1cc(CN2CC3CCCC(N)C3C2)ccc1O. The molecule has 1 aliphatic carbocycles. The average molecular weight is 290 g/mol. The fourth-order valence-electron chi connectivity index (χ4n) is 3.92. The van der Waals surface area contributed by atoms with Gasteiger partial charge in [0.2, 0.25) is 0 Å². The second kappa shape index (κ2) is 6.24. The maximum Gasteiger partial charge on any atom is 0.161 e. The zero-order valence-electron chi connectivity index (χ0n) is 12.8. The minimum Gasteiger partial charge on any atom is -0.504 e. The van der Waals surface area contributed by atoms with Crippen molar-refractivity contribution in [2.24, 2.45) is 17.6 Å². The van der Waals surface area contributed by atoms with Crippen molar-refractivity contribution in [3.05, 3.63) is 23.8 Å². The predicted molar refractivity (Wildman–Crippen MR) is 83.4 cm³/mol. The van der Waals surface area contributed by atoms with Crippen LogP contribution in [-0.2, 0) is 6.54 Å². The van der Waals surface area contributed by atoms with Crippen LogP contribution in [0.2, 0.25) is 0 Å². The molecule has 2 aliphatic rings. The lowest BCUT2D eigenvalue weighted by Gasteiger charge is -2.29. The van der Waals surface area contributed by atoms with Crippen LogP contribution in [0.3, 0.4) is 0 Å². The highest BCUT2D eigenvalue weighted by Crippen LogP contribution is 2.36. The summed E-state index contributed by atoms with van der Waals surface area (Å²) in [5.41, 5.74) is 7.48. The normalized spacial score (nSPS) is 29.3. The molecule has 0 amide bonds. The van der Waals surface area contributed by atoms with Crippen molar-refractivity contribution >= 4 is 0 Å². The number of hydrogen-bond acceptors (Lipinski definition) is 4. The highest BCUT2D eigenvalue weighted by Gasteiger charge is 2.38. The molecule has 0 radical (unpaired) electrons. The van der Waals surface area contributed by atoms with E-state index in [2.05, 4.69) is 4.90 Å². The molecule has 4 heteroatoms. The van der Waals surface area contributed by atoms with Gasteiger partial charge >= 0.3 is 0 Å². The minimum atomic E-state index is 0.220. The standard InChI is InChI=1S/C17H26N2O2/c1-2-21-17-8-12(6-7-16(17)20)9-19-10-13-4-3-5-15(18)14(13)11-19/h6-8,13-15,20H,2-5,9-11,18H2,1H3. The van der Waals surface area contributed by atoms with Gasteiger partial charge in [0.15, 0.2) is 11.5 Å². The molecule has 3 atom stereocenters. The van der Waals surface area contributed by atoms with Crippen LogP contribution in [0.5, 0.6) is 11.5 Å². The summed E-state index contributed by atoms with van der Waals surface area (Å²) in [7, 11) is 0. The number of nitrogens with zero attached hydrogens (tertiary/aromatic N) is 1. The number of nitrogens with two attached hydrogens (primary N) is 1. The van der Waals surface area contributed by atoms with Crippen molar-refractivity contribution in [3.63, 3.8) is 0 Å². The maximum absolute atomic E-state index is 9.78. The largest absolute Gasteiger partial charge is 0.504 e. The first-order chi connectivity index (χ1) is 10.2. The van der Waals surface area contributed by atoms with E-state index >= 15 is 0 Å². The molecule has 116 valence electrons. The van der Waals surface area contributed by atoms with Crippen LogP contribution in [0.25, 0.3) is 0 Å². The second-order valence-corrected chi connectivity index (χ2v) is 6.45. The Morgan fingerprint density at radius 3 is 2.95 bits per heavy atom. The quantitative estimate of drug-likeness (QED) is 0.893. The highest BCUT2D eigenvalue weighted by molar-refractivity contribution is 5.41. The molecule has 2 fully saturated rings. The van der Waals surface area contributed by atoms with Crippen LogP contribution in [0.1, 0.15) is 31.7 Å². The minimum absolute atomic E-state index is 0.220. The van der Waals surface area contributed by atoms with Gasteiger partial charge in [-0.1, -0.05) is 12.5 Å². The van der Waals surface area contributed by atoms with Gasteiger partial charge in [0.25, 0.3) is 0 Å². The van der Waals surface area contributed by atoms with Crippen molar-refractivity contribution < 1.29 is 9.84 Å². The lowest BCUT2D eigenvalue weighted by Crippen LogP contribution is -2.38. The van der Waals surface area contributed by atoms with Gasteiger partial charge in [-0.2, -0.15) is 0 Å². The zero-order chi connectivity index (χ0) is 14.8. The molecular formula is C17H26N2O2. The monoisotopic (exact) mass is 290 g/mol. The van der Waals surface area contributed by atoms with Gasteiger partial charge in [-0.15, -0.1) is 0 Å². The first kappa shape index (κ1) is 14.7. The summed E-state index contributed by atoms with van der Waals surface area (Å²) in [5, 5.41) is 9.78. The van der Waals surface area contributed by atoms with Gasteiger partial charge in [-0.05, 0) is 49.3 Å². The van der Waals surface area contributed by atoms with E-state index in [0.29, 0.717) is 24.3 Å². The van der Waals surface area contributed by atoms with Crippen molar-refractivity contribution in [2.45, 2.75) is 38.8 Å². The van der Waals surface area contributed by atoms with Crippen molar-refractivity contribution in [2.75, 3.05) is 19.7 Å². The summed E-state index contributed by atoms with van der Waals surface area (Å²) < 4.78 is 5.46. The topological polar surface area (TPSA) is 58.7 Å².